The Morgan fingerprint density at radius 3 is 2.55 bits per heavy atom. The molecule has 0 aliphatic heterocycles. The standard InChI is InChI=1S/C15H9FO4/c16-12-6-8(2-4-13(12)18)11-5-9-1-3-10(17)7-14(9)20-15(11)19/h1-7,17-18H. The summed E-state index contributed by atoms with van der Waals surface area (Å²) in [6, 6.07) is 9.59. The maximum atomic E-state index is 13.3. The Kier molecular flexibility index (Phi) is 2.68. The summed E-state index contributed by atoms with van der Waals surface area (Å²) < 4.78 is 18.4. The second-order valence-corrected chi connectivity index (χ2v) is 4.34. The Balaban J connectivity index is 2.25. The van der Waals surface area contributed by atoms with Gasteiger partial charge in [-0.3, -0.25) is 0 Å². The number of hydrogen-bond donors (Lipinski definition) is 2. The lowest BCUT2D eigenvalue weighted by molar-refractivity contribution is 0.432. The molecule has 0 radical (unpaired) electrons. The topological polar surface area (TPSA) is 70.7 Å². The van der Waals surface area contributed by atoms with Gasteiger partial charge in [0.1, 0.15) is 11.3 Å². The minimum atomic E-state index is -0.812. The zero-order valence-corrected chi connectivity index (χ0v) is 10.1. The van der Waals surface area contributed by atoms with Crippen LogP contribution in [0.3, 0.4) is 0 Å². The van der Waals surface area contributed by atoms with Crippen LogP contribution in [-0.4, -0.2) is 10.2 Å². The molecule has 1 heterocycles. The molecule has 3 rings (SSSR count). The van der Waals surface area contributed by atoms with Gasteiger partial charge >= 0.3 is 5.63 Å². The van der Waals surface area contributed by atoms with Crippen LogP contribution in [0.4, 0.5) is 4.39 Å². The van der Waals surface area contributed by atoms with Crippen molar-refractivity contribution in [2.75, 3.05) is 0 Å². The molecule has 0 aliphatic rings. The summed E-state index contributed by atoms with van der Waals surface area (Å²) in [6.45, 7) is 0. The first kappa shape index (κ1) is 12.2. The summed E-state index contributed by atoms with van der Waals surface area (Å²) in [5.74, 6) is -1.30. The maximum absolute atomic E-state index is 13.3. The van der Waals surface area contributed by atoms with Crippen molar-refractivity contribution in [3.63, 3.8) is 0 Å². The molecule has 0 fully saturated rings. The Hall–Kier alpha value is -2.82. The van der Waals surface area contributed by atoms with Crippen LogP contribution in [0.25, 0.3) is 22.1 Å². The molecule has 2 N–H and O–H groups in total. The highest BCUT2D eigenvalue weighted by Gasteiger charge is 2.10. The number of halogens is 1. The van der Waals surface area contributed by atoms with Gasteiger partial charge in [0, 0.05) is 11.5 Å². The van der Waals surface area contributed by atoms with Crippen molar-refractivity contribution in [2.24, 2.45) is 0 Å². The Labute approximate surface area is 112 Å². The number of rotatable bonds is 1. The number of benzene rings is 2. The molecule has 0 amide bonds. The van der Waals surface area contributed by atoms with Gasteiger partial charge in [-0.15, -0.1) is 0 Å². The number of phenols is 2. The molecule has 4 nitrogen and oxygen atoms in total. The molecule has 0 aliphatic carbocycles. The first-order valence-electron chi connectivity index (χ1n) is 5.80. The molecule has 100 valence electrons. The van der Waals surface area contributed by atoms with Crippen LogP contribution in [-0.2, 0) is 0 Å². The van der Waals surface area contributed by atoms with Crippen LogP contribution in [0.2, 0.25) is 0 Å². The third kappa shape index (κ3) is 1.99. The fraction of sp³-hybridized carbons (Fsp3) is 0. The lowest BCUT2D eigenvalue weighted by Crippen LogP contribution is -2.02. The van der Waals surface area contributed by atoms with Gasteiger partial charge in [-0.1, -0.05) is 6.07 Å². The van der Waals surface area contributed by atoms with Crippen molar-refractivity contribution in [3.8, 4) is 22.6 Å². The van der Waals surface area contributed by atoms with E-state index in [9.17, 15) is 14.3 Å². The minimum absolute atomic E-state index is 0.0101. The van der Waals surface area contributed by atoms with Crippen molar-refractivity contribution in [1.82, 2.24) is 0 Å². The van der Waals surface area contributed by atoms with Crippen molar-refractivity contribution in [1.29, 1.82) is 0 Å². The number of hydrogen-bond acceptors (Lipinski definition) is 4. The first-order chi connectivity index (χ1) is 9.54. The Morgan fingerprint density at radius 1 is 1.00 bits per heavy atom. The number of phenolic OH excluding ortho intramolecular Hbond substituents is 2. The predicted octanol–water partition coefficient (Wildman–Crippen LogP) is 3.01. The summed E-state index contributed by atoms with van der Waals surface area (Å²) >= 11 is 0. The fourth-order valence-electron chi connectivity index (χ4n) is 1.98. The molecule has 3 aromatic rings. The Morgan fingerprint density at radius 2 is 1.80 bits per heavy atom. The van der Waals surface area contributed by atoms with E-state index >= 15 is 0 Å². The van der Waals surface area contributed by atoms with Crippen LogP contribution in [0.1, 0.15) is 0 Å². The molecule has 0 saturated carbocycles. The summed E-state index contributed by atoms with van der Waals surface area (Å²) in [5, 5.41) is 19.1. The van der Waals surface area contributed by atoms with E-state index in [1.807, 2.05) is 0 Å². The third-order valence-electron chi connectivity index (χ3n) is 2.98. The smallest absolute Gasteiger partial charge is 0.344 e. The molecule has 2 aromatic carbocycles. The third-order valence-corrected chi connectivity index (χ3v) is 2.98. The normalized spacial score (nSPS) is 10.8. The van der Waals surface area contributed by atoms with Gasteiger partial charge in [0.15, 0.2) is 11.6 Å². The molecular weight excluding hydrogens is 263 g/mol. The quantitative estimate of drug-likeness (QED) is 0.668. The largest absolute Gasteiger partial charge is 0.508 e. The molecule has 0 atom stereocenters. The summed E-state index contributed by atoms with van der Waals surface area (Å²) in [6.07, 6.45) is 0. The molecular formula is C15H9FO4. The highest BCUT2D eigenvalue weighted by atomic mass is 19.1. The van der Waals surface area contributed by atoms with Gasteiger partial charge < -0.3 is 14.6 Å². The van der Waals surface area contributed by atoms with Crippen molar-refractivity contribution in [3.05, 3.63) is 58.7 Å². The van der Waals surface area contributed by atoms with Gasteiger partial charge in [-0.05, 0) is 35.9 Å². The van der Waals surface area contributed by atoms with E-state index in [1.165, 1.54) is 24.3 Å². The van der Waals surface area contributed by atoms with Gasteiger partial charge in [-0.2, -0.15) is 0 Å². The number of aromatic hydroxyl groups is 2. The van der Waals surface area contributed by atoms with Crippen LogP contribution < -0.4 is 5.63 Å². The summed E-state index contributed by atoms with van der Waals surface area (Å²) in [7, 11) is 0. The monoisotopic (exact) mass is 272 g/mol. The van der Waals surface area contributed by atoms with Crippen LogP contribution in [0, 0.1) is 5.82 Å². The first-order valence-corrected chi connectivity index (χ1v) is 5.80. The zero-order valence-electron chi connectivity index (χ0n) is 10.1. The molecule has 0 spiro atoms. The summed E-state index contributed by atoms with van der Waals surface area (Å²) in [4.78, 5) is 11.9. The van der Waals surface area contributed by atoms with E-state index in [4.69, 9.17) is 9.52 Å². The Bertz CT molecular complexity index is 867. The average Bonchev–Trinajstić information content (AvgIpc) is 2.41. The van der Waals surface area contributed by atoms with Crippen molar-refractivity contribution in [2.45, 2.75) is 0 Å². The fourth-order valence-corrected chi connectivity index (χ4v) is 1.98. The van der Waals surface area contributed by atoms with Gasteiger partial charge in [0.25, 0.3) is 0 Å². The average molecular weight is 272 g/mol. The molecule has 0 bridgehead atoms. The van der Waals surface area contributed by atoms with Crippen molar-refractivity contribution < 1.29 is 19.0 Å². The lowest BCUT2D eigenvalue weighted by Gasteiger charge is -2.04. The predicted molar refractivity (Wildman–Crippen MR) is 71.2 cm³/mol. The van der Waals surface area contributed by atoms with Gasteiger partial charge in [0.05, 0.1) is 5.56 Å². The molecule has 0 saturated heterocycles. The van der Waals surface area contributed by atoms with Gasteiger partial charge in [-0.25, -0.2) is 9.18 Å². The van der Waals surface area contributed by atoms with Crippen LogP contribution in [0.5, 0.6) is 11.5 Å². The highest BCUT2D eigenvalue weighted by Crippen LogP contribution is 2.26. The van der Waals surface area contributed by atoms with E-state index in [-0.39, 0.29) is 16.9 Å². The second-order valence-electron chi connectivity index (χ2n) is 4.34. The van der Waals surface area contributed by atoms with E-state index in [0.717, 1.165) is 6.07 Å². The molecule has 0 unspecified atom stereocenters. The van der Waals surface area contributed by atoms with Gasteiger partial charge in [0.2, 0.25) is 0 Å². The van der Waals surface area contributed by atoms with Crippen LogP contribution >= 0.6 is 0 Å². The number of fused-ring (bicyclic) bond motifs is 1. The zero-order chi connectivity index (χ0) is 14.3. The second kappa shape index (κ2) is 4.38. The lowest BCUT2D eigenvalue weighted by atomic mass is 10.1. The molecule has 5 heteroatoms. The summed E-state index contributed by atoms with van der Waals surface area (Å²) in [5.41, 5.74) is 0.0947. The van der Waals surface area contributed by atoms with Crippen LogP contribution in [0.15, 0.2) is 51.7 Å². The van der Waals surface area contributed by atoms with E-state index < -0.39 is 17.2 Å². The van der Waals surface area contributed by atoms with Crippen molar-refractivity contribution >= 4 is 11.0 Å². The highest BCUT2D eigenvalue weighted by molar-refractivity contribution is 5.82. The minimum Gasteiger partial charge on any atom is -0.508 e. The maximum Gasteiger partial charge on any atom is 0.344 e. The molecule has 1 aromatic heterocycles. The molecule has 20 heavy (non-hydrogen) atoms. The van der Waals surface area contributed by atoms with E-state index in [0.29, 0.717) is 10.9 Å². The van der Waals surface area contributed by atoms with E-state index in [1.54, 1.807) is 12.1 Å². The SMILES string of the molecule is O=c1oc2cc(O)ccc2cc1-c1ccc(O)c(F)c1. The van der Waals surface area contributed by atoms with E-state index in [2.05, 4.69) is 0 Å².